The van der Waals surface area contributed by atoms with E-state index in [1.807, 2.05) is 19.6 Å². The van der Waals surface area contributed by atoms with Gasteiger partial charge in [0.1, 0.15) is 0 Å². The topological polar surface area (TPSA) is 48.7 Å². The van der Waals surface area contributed by atoms with Crippen LogP contribution >= 0.6 is 0 Å². The fourth-order valence-corrected chi connectivity index (χ4v) is 3.01. The van der Waals surface area contributed by atoms with Gasteiger partial charge >= 0.3 is 0 Å². The molecule has 1 saturated heterocycles. The fourth-order valence-electron chi connectivity index (χ4n) is 3.01. The predicted molar refractivity (Wildman–Crippen MR) is 96.9 cm³/mol. The van der Waals surface area contributed by atoms with Gasteiger partial charge in [0.2, 0.25) is 0 Å². The summed E-state index contributed by atoms with van der Waals surface area (Å²) in [5.41, 5.74) is 1.38. The summed E-state index contributed by atoms with van der Waals surface area (Å²) in [4.78, 5) is 13.3. The van der Waals surface area contributed by atoms with E-state index in [1.54, 1.807) is 6.20 Å². The Kier molecular flexibility index (Phi) is 5.85. The Hall–Kier alpha value is -2.34. The highest BCUT2D eigenvalue weighted by Crippen LogP contribution is 2.08. The molecule has 6 nitrogen and oxygen atoms in total. The summed E-state index contributed by atoms with van der Waals surface area (Å²) in [6.45, 7) is 6.94. The lowest BCUT2D eigenvalue weighted by atomic mass is 10.2. The number of rotatable bonds is 5. The van der Waals surface area contributed by atoms with E-state index < -0.39 is 0 Å². The molecule has 0 radical (unpaired) electrons. The lowest BCUT2D eigenvalue weighted by Crippen LogP contribution is -2.52. The van der Waals surface area contributed by atoms with Crippen LogP contribution in [0.25, 0.3) is 0 Å². The normalized spacial score (nSPS) is 16.4. The monoisotopic (exact) mass is 326 g/mol. The number of nitrogens with zero attached hydrogens (tertiary/aromatic N) is 5. The Bertz CT molecular complexity index is 614. The first-order valence-corrected chi connectivity index (χ1v) is 8.53. The van der Waals surface area contributed by atoms with Crippen LogP contribution in [0.15, 0.2) is 54.0 Å². The minimum atomic E-state index is 0.854. The average Bonchev–Trinajstić information content (AvgIpc) is 3.14. The minimum absolute atomic E-state index is 0.854. The highest BCUT2D eigenvalue weighted by Gasteiger charge is 2.19. The molecule has 0 saturated carbocycles. The van der Waals surface area contributed by atoms with Crippen LogP contribution in [0.3, 0.4) is 0 Å². The van der Waals surface area contributed by atoms with Crippen molar-refractivity contribution in [3.63, 3.8) is 0 Å². The van der Waals surface area contributed by atoms with Gasteiger partial charge in [-0.15, -0.1) is 0 Å². The molecular weight excluding hydrogens is 300 g/mol. The number of hydrogen-bond donors (Lipinski definition) is 1. The van der Waals surface area contributed by atoms with Gasteiger partial charge in [-0.2, -0.15) is 0 Å². The summed E-state index contributed by atoms with van der Waals surface area (Å²) in [7, 11) is 1.86. The van der Waals surface area contributed by atoms with E-state index >= 15 is 0 Å². The minimum Gasteiger partial charge on any atom is -0.354 e. The zero-order valence-corrected chi connectivity index (χ0v) is 14.3. The molecule has 6 heteroatoms. The van der Waals surface area contributed by atoms with Crippen LogP contribution in [0.5, 0.6) is 0 Å². The van der Waals surface area contributed by atoms with E-state index in [9.17, 15) is 0 Å². The third kappa shape index (κ3) is 4.58. The van der Waals surface area contributed by atoms with E-state index in [4.69, 9.17) is 0 Å². The molecule has 0 aliphatic carbocycles. The largest absolute Gasteiger partial charge is 0.354 e. The zero-order chi connectivity index (χ0) is 16.6. The molecule has 0 unspecified atom stereocenters. The van der Waals surface area contributed by atoms with Crippen LogP contribution in [-0.2, 0) is 13.1 Å². The first-order chi connectivity index (χ1) is 11.8. The Balaban J connectivity index is 1.42. The van der Waals surface area contributed by atoms with Crippen molar-refractivity contribution >= 4 is 5.96 Å². The van der Waals surface area contributed by atoms with Crippen LogP contribution in [0, 0.1) is 0 Å². The highest BCUT2D eigenvalue weighted by atomic mass is 15.3. The molecule has 0 atom stereocenters. The van der Waals surface area contributed by atoms with Gasteiger partial charge in [-0.1, -0.05) is 30.3 Å². The zero-order valence-electron chi connectivity index (χ0n) is 14.3. The van der Waals surface area contributed by atoms with E-state index in [0.29, 0.717) is 0 Å². The Morgan fingerprint density at radius 3 is 2.62 bits per heavy atom. The van der Waals surface area contributed by atoms with E-state index in [2.05, 4.69) is 60.0 Å². The Morgan fingerprint density at radius 2 is 1.96 bits per heavy atom. The summed E-state index contributed by atoms with van der Waals surface area (Å²) in [6, 6.07) is 10.7. The third-order valence-corrected chi connectivity index (χ3v) is 4.34. The van der Waals surface area contributed by atoms with E-state index in [0.717, 1.165) is 51.8 Å². The van der Waals surface area contributed by atoms with Crippen molar-refractivity contribution in [3.8, 4) is 0 Å². The number of benzene rings is 1. The van der Waals surface area contributed by atoms with Gasteiger partial charge in [0.05, 0.1) is 6.33 Å². The number of aromatic nitrogens is 2. The molecule has 24 heavy (non-hydrogen) atoms. The summed E-state index contributed by atoms with van der Waals surface area (Å²) in [5.74, 6) is 0.995. The summed E-state index contributed by atoms with van der Waals surface area (Å²) >= 11 is 0. The second kappa shape index (κ2) is 8.49. The van der Waals surface area contributed by atoms with E-state index in [-0.39, 0.29) is 0 Å². The molecule has 1 fully saturated rings. The average molecular weight is 326 g/mol. The van der Waals surface area contributed by atoms with Gasteiger partial charge in [0.25, 0.3) is 0 Å². The number of piperazine rings is 1. The maximum atomic E-state index is 4.43. The van der Waals surface area contributed by atoms with Gasteiger partial charge in [0, 0.05) is 65.3 Å². The van der Waals surface area contributed by atoms with Gasteiger partial charge in [-0.25, -0.2) is 4.98 Å². The van der Waals surface area contributed by atoms with Crippen molar-refractivity contribution in [2.45, 2.75) is 13.1 Å². The van der Waals surface area contributed by atoms with Crippen LogP contribution in [0.4, 0.5) is 0 Å². The molecule has 3 rings (SSSR count). The molecular formula is C18H26N6. The second-order valence-corrected chi connectivity index (χ2v) is 6.02. The van der Waals surface area contributed by atoms with Crippen LogP contribution in [-0.4, -0.2) is 65.1 Å². The predicted octanol–water partition coefficient (Wildman–Crippen LogP) is 1.28. The maximum absolute atomic E-state index is 4.43. The maximum Gasteiger partial charge on any atom is 0.193 e. The molecule has 1 aromatic carbocycles. The molecule has 0 spiro atoms. The lowest BCUT2D eigenvalue weighted by molar-refractivity contribution is 0.172. The SMILES string of the molecule is CN=C(NCCn1ccnc1)N1CCN(Cc2ccccc2)CC1. The number of nitrogens with one attached hydrogen (secondary N) is 1. The lowest BCUT2D eigenvalue weighted by Gasteiger charge is -2.36. The first-order valence-electron chi connectivity index (χ1n) is 8.53. The number of guanidine groups is 1. The standard InChI is InChI=1S/C18H26N6/c1-19-18(21-8-10-23-9-7-20-16-23)24-13-11-22(12-14-24)15-17-5-3-2-4-6-17/h2-7,9,16H,8,10-15H2,1H3,(H,19,21). The molecule has 2 aromatic rings. The van der Waals surface area contributed by atoms with Crippen molar-refractivity contribution in [2.24, 2.45) is 4.99 Å². The molecule has 128 valence electrons. The third-order valence-electron chi connectivity index (χ3n) is 4.34. The van der Waals surface area contributed by atoms with Crippen LogP contribution < -0.4 is 5.32 Å². The van der Waals surface area contributed by atoms with Crippen molar-refractivity contribution in [1.82, 2.24) is 24.7 Å². The van der Waals surface area contributed by atoms with Crippen molar-refractivity contribution in [3.05, 3.63) is 54.6 Å². The van der Waals surface area contributed by atoms with Crippen molar-refractivity contribution in [2.75, 3.05) is 39.8 Å². The molecule has 2 heterocycles. The van der Waals surface area contributed by atoms with Gasteiger partial charge < -0.3 is 14.8 Å². The van der Waals surface area contributed by atoms with Crippen molar-refractivity contribution < 1.29 is 0 Å². The quantitative estimate of drug-likeness (QED) is 0.664. The molecule has 0 amide bonds. The molecule has 1 N–H and O–H groups in total. The first kappa shape index (κ1) is 16.5. The van der Waals surface area contributed by atoms with E-state index in [1.165, 1.54) is 5.56 Å². The Labute approximate surface area is 143 Å². The second-order valence-electron chi connectivity index (χ2n) is 6.02. The van der Waals surface area contributed by atoms with Crippen molar-refractivity contribution in [1.29, 1.82) is 0 Å². The summed E-state index contributed by atoms with van der Waals surface area (Å²) in [6.07, 6.45) is 5.63. The number of imidazole rings is 1. The van der Waals surface area contributed by atoms with Crippen LogP contribution in [0.2, 0.25) is 0 Å². The number of aliphatic imine (C=N–C) groups is 1. The molecule has 1 aromatic heterocycles. The van der Waals surface area contributed by atoms with Crippen LogP contribution in [0.1, 0.15) is 5.56 Å². The fraction of sp³-hybridized carbons (Fsp3) is 0.444. The molecule has 0 bridgehead atoms. The summed E-state index contributed by atoms with van der Waals surface area (Å²) < 4.78 is 2.07. The highest BCUT2D eigenvalue weighted by molar-refractivity contribution is 5.79. The van der Waals surface area contributed by atoms with Gasteiger partial charge in [0.15, 0.2) is 5.96 Å². The number of hydrogen-bond acceptors (Lipinski definition) is 3. The molecule has 1 aliphatic rings. The Morgan fingerprint density at radius 1 is 1.17 bits per heavy atom. The van der Waals surface area contributed by atoms with Gasteiger partial charge in [-0.3, -0.25) is 9.89 Å². The summed E-state index contributed by atoms with van der Waals surface area (Å²) in [5, 5.41) is 3.45. The molecule has 1 aliphatic heterocycles. The van der Waals surface area contributed by atoms with Gasteiger partial charge in [-0.05, 0) is 5.56 Å². The smallest absolute Gasteiger partial charge is 0.193 e.